The van der Waals surface area contributed by atoms with E-state index in [1.165, 1.54) is 5.56 Å². The number of hydrogen-bond acceptors (Lipinski definition) is 6. The van der Waals surface area contributed by atoms with E-state index in [9.17, 15) is 0 Å². The lowest BCUT2D eigenvalue weighted by atomic mass is 9.98. The van der Waals surface area contributed by atoms with Crippen LogP contribution in [0.1, 0.15) is 16.7 Å². The standard InChI is InChI=1S/C33H29N7/c1-34-28-19-23(18-22-8-3-4-9-22)12-14-27(28)32-37-31-11-7-10-25-21-30(36-33(38-32)40(25)31)26-15-13-24(20-29(26)35-2)39-16-5-6-17-39/h3-17,19-22,34-35H,18H2,1-2H3. The summed E-state index contributed by atoms with van der Waals surface area (Å²) >= 11 is 0. The number of allylic oxidation sites excluding steroid dienone is 7. The molecule has 4 heterocycles. The highest BCUT2D eigenvalue weighted by atomic mass is 15.4. The van der Waals surface area contributed by atoms with Gasteiger partial charge in [-0.3, -0.25) is 4.90 Å². The van der Waals surface area contributed by atoms with E-state index in [4.69, 9.17) is 15.0 Å². The smallest absolute Gasteiger partial charge is 0.238 e. The molecule has 1 aromatic heterocycles. The van der Waals surface area contributed by atoms with Crippen LogP contribution < -0.4 is 10.6 Å². The molecule has 0 fully saturated rings. The number of hydrogen-bond donors (Lipinski definition) is 2. The Balaban J connectivity index is 1.27. The fourth-order valence-corrected chi connectivity index (χ4v) is 5.46. The van der Waals surface area contributed by atoms with Gasteiger partial charge in [0.05, 0.1) is 11.4 Å². The molecule has 0 radical (unpaired) electrons. The van der Waals surface area contributed by atoms with Crippen molar-refractivity contribution in [1.29, 1.82) is 0 Å². The summed E-state index contributed by atoms with van der Waals surface area (Å²) in [4.78, 5) is 17.0. The summed E-state index contributed by atoms with van der Waals surface area (Å²) in [5.41, 5.74) is 8.15. The zero-order valence-corrected chi connectivity index (χ0v) is 22.4. The van der Waals surface area contributed by atoms with E-state index in [-0.39, 0.29) is 0 Å². The summed E-state index contributed by atoms with van der Waals surface area (Å²) in [7, 11) is 3.88. The van der Waals surface area contributed by atoms with Crippen molar-refractivity contribution in [3.05, 3.63) is 132 Å². The Morgan fingerprint density at radius 1 is 0.825 bits per heavy atom. The topological polar surface area (TPSA) is 69.3 Å². The summed E-state index contributed by atoms with van der Waals surface area (Å²) in [6.07, 6.45) is 21.9. The molecule has 3 aromatic rings. The van der Waals surface area contributed by atoms with Gasteiger partial charge < -0.3 is 15.2 Å². The Morgan fingerprint density at radius 3 is 2.40 bits per heavy atom. The lowest BCUT2D eigenvalue weighted by Gasteiger charge is -2.33. The molecule has 0 atom stereocenters. The third-order valence-electron chi connectivity index (χ3n) is 7.48. The molecule has 2 aromatic carbocycles. The van der Waals surface area contributed by atoms with Gasteiger partial charge in [0, 0.05) is 54.7 Å². The van der Waals surface area contributed by atoms with E-state index in [0.29, 0.717) is 17.7 Å². The number of guanidine groups is 1. The van der Waals surface area contributed by atoms with Crippen molar-refractivity contribution in [1.82, 2.24) is 9.47 Å². The molecule has 7 heteroatoms. The van der Waals surface area contributed by atoms with Crippen LogP contribution in [-0.4, -0.2) is 41.2 Å². The van der Waals surface area contributed by atoms with E-state index in [1.807, 2.05) is 55.7 Å². The third-order valence-corrected chi connectivity index (χ3v) is 7.48. The number of nitrogens with one attached hydrogen (secondary N) is 2. The van der Waals surface area contributed by atoms with Crippen LogP contribution in [0.5, 0.6) is 0 Å². The van der Waals surface area contributed by atoms with Crippen LogP contribution in [0.2, 0.25) is 0 Å². The van der Waals surface area contributed by atoms with Crippen LogP contribution in [0.3, 0.4) is 0 Å². The molecule has 3 aliphatic heterocycles. The molecular weight excluding hydrogens is 494 g/mol. The molecule has 40 heavy (non-hydrogen) atoms. The highest BCUT2D eigenvalue weighted by Gasteiger charge is 2.31. The molecule has 0 saturated carbocycles. The van der Waals surface area contributed by atoms with Crippen LogP contribution in [0.15, 0.2) is 130 Å². The van der Waals surface area contributed by atoms with Crippen molar-refractivity contribution in [2.45, 2.75) is 6.42 Å². The van der Waals surface area contributed by atoms with Crippen LogP contribution in [0.25, 0.3) is 11.4 Å². The Kier molecular flexibility index (Phi) is 5.89. The first kappa shape index (κ1) is 23.9. The molecule has 7 rings (SSSR count). The molecule has 0 unspecified atom stereocenters. The second-order valence-corrected chi connectivity index (χ2v) is 9.97. The molecule has 0 spiro atoms. The molecule has 2 N–H and O–H groups in total. The second kappa shape index (κ2) is 9.85. The van der Waals surface area contributed by atoms with E-state index in [1.54, 1.807) is 0 Å². The Hall–Kier alpha value is -5.17. The second-order valence-electron chi connectivity index (χ2n) is 9.97. The minimum atomic E-state index is 0.440. The molecule has 0 amide bonds. The average molecular weight is 524 g/mol. The van der Waals surface area contributed by atoms with Gasteiger partial charge in [-0.15, -0.1) is 0 Å². The van der Waals surface area contributed by atoms with Crippen LogP contribution in [-0.2, 0) is 6.42 Å². The monoisotopic (exact) mass is 523 g/mol. The van der Waals surface area contributed by atoms with Gasteiger partial charge in [0.25, 0.3) is 0 Å². The largest absolute Gasteiger partial charge is 0.388 e. The first-order valence-electron chi connectivity index (χ1n) is 13.5. The van der Waals surface area contributed by atoms with Crippen molar-refractivity contribution in [3.63, 3.8) is 0 Å². The van der Waals surface area contributed by atoms with Crippen molar-refractivity contribution in [2.24, 2.45) is 20.9 Å². The highest BCUT2D eigenvalue weighted by Crippen LogP contribution is 2.35. The summed E-state index contributed by atoms with van der Waals surface area (Å²) in [6.45, 7) is 0. The maximum absolute atomic E-state index is 5.05. The van der Waals surface area contributed by atoms with Gasteiger partial charge in [-0.05, 0) is 78.6 Å². The van der Waals surface area contributed by atoms with Gasteiger partial charge in [0.2, 0.25) is 5.96 Å². The first-order chi connectivity index (χ1) is 19.7. The molecule has 1 aliphatic carbocycles. The van der Waals surface area contributed by atoms with Crippen molar-refractivity contribution < 1.29 is 0 Å². The van der Waals surface area contributed by atoms with Crippen molar-refractivity contribution >= 4 is 34.7 Å². The fraction of sp³-hybridized carbons (Fsp3) is 0.121. The molecular formula is C33H29N7. The predicted octanol–water partition coefficient (Wildman–Crippen LogP) is 6.17. The number of aromatic nitrogens is 1. The van der Waals surface area contributed by atoms with E-state index < -0.39 is 0 Å². The highest BCUT2D eigenvalue weighted by molar-refractivity contribution is 6.24. The summed E-state index contributed by atoms with van der Waals surface area (Å²) in [5.74, 6) is 2.50. The zero-order valence-electron chi connectivity index (χ0n) is 22.4. The van der Waals surface area contributed by atoms with E-state index >= 15 is 0 Å². The van der Waals surface area contributed by atoms with Gasteiger partial charge >= 0.3 is 0 Å². The van der Waals surface area contributed by atoms with Crippen molar-refractivity contribution in [2.75, 3.05) is 24.7 Å². The van der Waals surface area contributed by atoms with E-state index in [2.05, 4.69) is 88.1 Å². The number of nitrogens with zero attached hydrogens (tertiary/aromatic N) is 5. The summed E-state index contributed by atoms with van der Waals surface area (Å²) in [6, 6.07) is 16.9. The quantitative estimate of drug-likeness (QED) is 0.389. The molecule has 0 bridgehead atoms. The number of benzene rings is 2. The number of amidine groups is 2. The normalized spacial score (nSPS) is 17.1. The first-order valence-corrected chi connectivity index (χ1v) is 13.5. The molecule has 4 aliphatic rings. The van der Waals surface area contributed by atoms with Gasteiger partial charge in [-0.25, -0.2) is 9.98 Å². The minimum absolute atomic E-state index is 0.440. The van der Waals surface area contributed by atoms with Gasteiger partial charge in [-0.1, -0.05) is 36.4 Å². The van der Waals surface area contributed by atoms with Crippen LogP contribution >= 0.6 is 0 Å². The number of rotatable bonds is 7. The van der Waals surface area contributed by atoms with Gasteiger partial charge in [0.1, 0.15) is 5.84 Å². The summed E-state index contributed by atoms with van der Waals surface area (Å²) in [5, 5.41) is 6.72. The fourth-order valence-electron chi connectivity index (χ4n) is 5.46. The number of aliphatic imine (C=N–C) groups is 3. The summed E-state index contributed by atoms with van der Waals surface area (Å²) < 4.78 is 2.09. The third kappa shape index (κ3) is 4.22. The van der Waals surface area contributed by atoms with Crippen molar-refractivity contribution in [3.8, 4) is 5.69 Å². The minimum Gasteiger partial charge on any atom is -0.388 e. The molecule has 0 saturated heterocycles. The van der Waals surface area contributed by atoms with Gasteiger partial charge in [-0.2, -0.15) is 4.99 Å². The lowest BCUT2D eigenvalue weighted by molar-refractivity contribution is 0.750. The van der Waals surface area contributed by atoms with E-state index in [0.717, 1.165) is 51.8 Å². The SMILES string of the molecule is CNc1cc(-n2cccc2)ccc1C1=CC2=CC=CC3=NC(c4ccc(CC5C=CC=C5)cc4NC)=NC(=N1)N23. The lowest BCUT2D eigenvalue weighted by Crippen LogP contribution is -2.40. The Bertz CT molecular complexity index is 1730. The van der Waals surface area contributed by atoms with Crippen LogP contribution in [0.4, 0.5) is 11.4 Å². The molecule has 196 valence electrons. The average Bonchev–Trinajstić information content (AvgIpc) is 3.72. The molecule has 7 nitrogen and oxygen atoms in total. The van der Waals surface area contributed by atoms with Crippen LogP contribution in [0, 0.1) is 5.92 Å². The zero-order chi connectivity index (χ0) is 27.1. The maximum atomic E-state index is 5.05. The Labute approximate surface area is 233 Å². The predicted molar refractivity (Wildman–Crippen MR) is 165 cm³/mol. The maximum Gasteiger partial charge on any atom is 0.238 e. The number of anilines is 2. The Morgan fingerprint density at radius 2 is 1.60 bits per heavy atom. The van der Waals surface area contributed by atoms with Gasteiger partial charge in [0.15, 0.2) is 5.84 Å².